The minimum atomic E-state index is -2.03. The number of benzene rings is 3. The summed E-state index contributed by atoms with van der Waals surface area (Å²) >= 11 is 31.5. The van der Waals surface area contributed by atoms with E-state index in [0.717, 1.165) is 4.90 Å². The van der Waals surface area contributed by atoms with Crippen LogP contribution in [-0.2, 0) is 4.79 Å². The summed E-state index contributed by atoms with van der Waals surface area (Å²) in [5.41, 5.74) is 1.60. The first kappa shape index (κ1) is 25.6. The van der Waals surface area contributed by atoms with Gasteiger partial charge in [0.1, 0.15) is 0 Å². The monoisotopic (exact) mass is 568 g/mol. The number of amides is 3. The van der Waals surface area contributed by atoms with Crippen LogP contribution in [-0.4, -0.2) is 39.7 Å². The highest BCUT2D eigenvalue weighted by Crippen LogP contribution is 2.41. The van der Waals surface area contributed by atoms with Crippen molar-refractivity contribution in [2.45, 2.75) is 9.96 Å². The number of imide groups is 1. The summed E-state index contributed by atoms with van der Waals surface area (Å²) in [6.07, 6.45) is -1.26. The van der Waals surface area contributed by atoms with E-state index in [1.54, 1.807) is 83.8 Å². The molecule has 1 atom stereocenters. The Morgan fingerprint density at radius 2 is 1.29 bits per heavy atom. The number of aliphatic imine (C=N–C) groups is 1. The highest BCUT2D eigenvalue weighted by molar-refractivity contribution is 6.68. The molecular weight excluding hydrogens is 554 g/mol. The number of hydrogen-bond donors (Lipinski definition) is 0. The molecule has 11 heteroatoms. The predicted octanol–water partition coefficient (Wildman–Crippen LogP) is 7.32. The molecule has 1 aliphatic rings. The van der Waals surface area contributed by atoms with Gasteiger partial charge in [-0.15, -0.1) is 0 Å². The van der Waals surface area contributed by atoms with Crippen molar-refractivity contribution < 1.29 is 9.59 Å². The third kappa shape index (κ3) is 5.37. The number of hydrogen-bond acceptors (Lipinski definition) is 4. The van der Waals surface area contributed by atoms with E-state index in [2.05, 4.69) is 4.99 Å². The summed E-state index contributed by atoms with van der Waals surface area (Å²) in [5.74, 6) is -0.821. The maximum atomic E-state index is 13.1. The van der Waals surface area contributed by atoms with Gasteiger partial charge in [-0.3, -0.25) is 9.69 Å². The molecule has 0 spiro atoms. The van der Waals surface area contributed by atoms with Crippen molar-refractivity contribution in [2.24, 2.45) is 4.99 Å². The maximum Gasteiger partial charge on any atom is 0.337 e. The Hall–Kier alpha value is -2.48. The van der Waals surface area contributed by atoms with Gasteiger partial charge < -0.3 is 4.90 Å². The summed E-state index contributed by atoms with van der Waals surface area (Å²) in [6, 6.07) is 21.7. The normalized spacial score (nSPS) is 16.2. The Morgan fingerprint density at radius 1 is 0.800 bits per heavy atom. The van der Waals surface area contributed by atoms with Gasteiger partial charge in [-0.2, -0.15) is 0 Å². The van der Waals surface area contributed by atoms with Crippen LogP contribution in [0.3, 0.4) is 0 Å². The zero-order chi connectivity index (χ0) is 25.3. The van der Waals surface area contributed by atoms with Crippen LogP contribution in [0, 0.1) is 0 Å². The summed E-state index contributed by atoms with van der Waals surface area (Å²) in [6.45, 7) is 0. The molecule has 6 nitrogen and oxygen atoms in total. The van der Waals surface area contributed by atoms with Crippen LogP contribution in [0.5, 0.6) is 0 Å². The summed E-state index contributed by atoms with van der Waals surface area (Å²) in [4.78, 5) is 34.4. The van der Waals surface area contributed by atoms with Crippen molar-refractivity contribution in [2.75, 3.05) is 16.8 Å². The maximum absolute atomic E-state index is 13.1. The average molecular weight is 571 g/mol. The first-order valence-corrected chi connectivity index (χ1v) is 12.1. The van der Waals surface area contributed by atoms with Gasteiger partial charge in [-0.25, -0.2) is 14.7 Å². The number of nitrogens with zero attached hydrogens (tertiary/aromatic N) is 4. The highest BCUT2D eigenvalue weighted by atomic mass is 35.6. The number of anilines is 3. The fraction of sp³-hybridized carbons (Fsp3) is 0.125. The van der Waals surface area contributed by atoms with Crippen LogP contribution in [0.4, 0.5) is 21.9 Å². The number of urea groups is 1. The second kappa shape index (κ2) is 10.2. The Morgan fingerprint density at radius 3 is 1.74 bits per heavy atom. The lowest BCUT2D eigenvalue weighted by molar-refractivity contribution is -0.119. The molecule has 1 aliphatic heterocycles. The van der Waals surface area contributed by atoms with Crippen LogP contribution in [0.25, 0.3) is 0 Å². The second-order valence-corrected chi connectivity index (χ2v) is 10.8. The van der Waals surface area contributed by atoms with Crippen LogP contribution in [0.1, 0.15) is 0 Å². The number of carbonyl (C=O) groups excluding carboxylic acids is 2. The lowest BCUT2D eigenvalue weighted by Crippen LogP contribution is -2.43. The first-order chi connectivity index (χ1) is 16.6. The molecule has 3 aromatic rings. The molecule has 35 heavy (non-hydrogen) atoms. The molecule has 0 N–H and O–H groups in total. The minimum Gasteiger partial charge on any atom is -0.315 e. The van der Waals surface area contributed by atoms with Crippen LogP contribution in [0.2, 0.25) is 10.0 Å². The largest absolute Gasteiger partial charge is 0.337 e. The number of carbonyl (C=O) groups is 2. The van der Waals surface area contributed by atoms with E-state index in [0.29, 0.717) is 27.1 Å². The fourth-order valence-corrected chi connectivity index (χ4v) is 4.21. The Kier molecular flexibility index (Phi) is 7.50. The molecule has 1 heterocycles. The fourth-order valence-electron chi connectivity index (χ4n) is 3.52. The van der Waals surface area contributed by atoms with Crippen LogP contribution >= 0.6 is 58.0 Å². The molecule has 0 radical (unpaired) electrons. The molecule has 3 amide bonds. The van der Waals surface area contributed by atoms with Crippen molar-refractivity contribution in [3.05, 3.63) is 88.9 Å². The quantitative estimate of drug-likeness (QED) is 0.239. The number of amidine groups is 1. The number of rotatable bonds is 5. The molecule has 4 rings (SSSR count). The zero-order valence-corrected chi connectivity index (χ0v) is 21.9. The van der Waals surface area contributed by atoms with E-state index >= 15 is 0 Å². The number of alkyl halides is 3. The number of halogens is 5. The molecule has 3 aromatic carbocycles. The molecule has 0 aliphatic carbocycles. The molecular formula is C24H17Cl5N4O2. The molecule has 1 fully saturated rings. The van der Waals surface area contributed by atoms with E-state index in [1.165, 1.54) is 11.9 Å². The molecule has 1 saturated heterocycles. The van der Waals surface area contributed by atoms with E-state index in [-0.39, 0.29) is 5.84 Å². The van der Waals surface area contributed by atoms with Crippen molar-refractivity contribution in [3.8, 4) is 0 Å². The molecule has 1 unspecified atom stereocenters. The van der Waals surface area contributed by atoms with Gasteiger partial charge in [0.2, 0.25) is 9.63 Å². The van der Waals surface area contributed by atoms with Gasteiger partial charge in [0.15, 0.2) is 6.17 Å². The van der Waals surface area contributed by atoms with Gasteiger partial charge in [0, 0.05) is 28.5 Å². The smallest absolute Gasteiger partial charge is 0.315 e. The van der Waals surface area contributed by atoms with E-state index < -0.39 is 21.9 Å². The molecule has 0 bridgehead atoms. The lowest BCUT2D eigenvalue weighted by atomic mass is 10.2. The van der Waals surface area contributed by atoms with E-state index in [1.807, 2.05) is 0 Å². The summed E-state index contributed by atoms with van der Waals surface area (Å²) < 4.78 is -2.03. The minimum absolute atomic E-state index is 0.187. The van der Waals surface area contributed by atoms with Gasteiger partial charge in [-0.05, 0) is 60.7 Å². The molecule has 0 aromatic heterocycles. The highest BCUT2D eigenvalue weighted by Gasteiger charge is 2.45. The van der Waals surface area contributed by atoms with Crippen molar-refractivity contribution in [3.63, 3.8) is 0 Å². The summed E-state index contributed by atoms with van der Waals surface area (Å²) in [7, 11) is 1.36. The second-order valence-electron chi connectivity index (χ2n) is 7.51. The standard InChI is InChI=1S/C24H17Cl5N4O2/c1-31-21(34)20(33(23(31)35)17-5-3-2-4-6-17)30-22(24(27,28)29)32(18-11-7-15(25)8-12-18)19-13-9-16(26)10-14-19/h2-14,22H,1H3/b30-20+. The summed E-state index contributed by atoms with van der Waals surface area (Å²) in [5, 5.41) is 1.02. The van der Waals surface area contributed by atoms with Crippen molar-refractivity contribution in [1.29, 1.82) is 0 Å². The van der Waals surface area contributed by atoms with E-state index in [4.69, 9.17) is 58.0 Å². The third-order valence-electron chi connectivity index (χ3n) is 5.19. The topological polar surface area (TPSA) is 56.2 Å². The SMILES string of the molecule is CN1C(=O)/C(=N\C(N(c2ccc(Cl)cc2)c2ccc(Cl)cc2)C(Cl)(Cl)Cl)N(c2ccccc2)C1=O. The lowest BCUT2D eigenvalue weighted by Gasteiger charge is -2.35. The average Bonchev–Trinajstić information content (AvgIpc) is 3.04. The van der Waals surface area contributed by atoms with E-state index in [9.17, 15) is 9.59 Å². The molecule has 180 valence electrons. The number of likely N-dealkylation sites (N-methyl/N-ethyl adjacent to an activating group) is 1. The number of para-hydroxylation sites is 1. The Bertz CT molecular complexity index is 1220. The first-order valence-electron chi connectivity index (χ1n) is 10.2. The van der Waals surface area contributed by atoms with Crippen molar-refractivity contribution in [1.82, 2.24) is 4.90 Å². The predicted molar refractivity (Wildman–Crippen MR) is 144 cm³/mol. The Balaban J connectivity index is 1.92. The zero-order valence-electron chi connectivity index (χ0n) is 18.1. The Labute approximate surface area is 227 Å². The van der Waals surface area contributed by atoms with Gasteiger partial charge in [0.05, 0.1) is 5.69 Å². The van der Waals surface area contributed by atoms with Gasteiger partial charge in [-0.1, -0.05) is 76.2 Å². The van der Waals surface area contributed by atoms with Crippen molar-refractivity contribution >= 4 is 92.8 Å². The van der Waals surface area contributed by atoms with Crippen LogP contribution < -0.4 is 9.80 Å². The molecule has 0 saturated carbocycles. The third-order valence-corrected chi connectivity index (χ3v) is 6.28. The van der Waals surface area contributed by atoms with Crippen LogP contribution in [0.15, 0.2) is 83.9 Å². The van der Waals surface area contributed by atoms with Gasteiger partial charge >= 0.3 is 6.03 Å². The van der Waals surface area contributed by atoms with Gasteiger partial charge in [0.25, 0.3) is 5.91 Å².